The van der Waals surface area contributed by atoms with Gasteiger partial charge < -0.3 is 10.0 Å². The van der Waals surface area contributed by atoms with Gasteiger partial charge in [-0.2, -0.15) is 8.42 Å². The van der Waals surface area contributed by atoms with E-state index in [4.69, 9.17) is 23.2 Å². The highest BCUT2D eigenvalue weighted by Gasteiger charge is 2.37. The predicted octanol–water partition coefficient (Wildman–Crippen LogP) is 5.47. The molecule has 7 nitrogen and oxygen atoms in total. The normalized spacial score (nSPS) is 15.5. The van der Waals surface area contributed by atoms with Crippen molar-refractivity contribution < 1.29 is 18.3 Å². The third-order valence-electron chi connectivity index (χ3n) is 6.55. The van der Waals surface area contributed by atoms with Crippen molar-refractivity contribution >= 4 is 55.7 Å². The third kappa shape index (κ3) is 5.15. The topological polar surface area (TPSA) is 99.6 Å². The number of piperidine rings is 1. The number of aliphatic hydroxyl groups is 1. The molecule has 1 aromatic heterocycles. The smallest absolute Gasteiger partial charge is 0.279 e. The number of nitrogens with one attached hydrogen (secondary N) is 1. The number of benzene rings is 3. The second-order valence-electron chi connectivity index (χ2n) is 8.95. The number of para-hydroxylation sites is 1. The van der Waals surface area contributed by atoms with E-state index in [0.29, 0.717) is 42.0 Å². The minimum absolute atomic E-state index is 0.114. The fraction of sp³-hybridized carbons (Fsp3) is 0.185. The van der Waals surface area contributed by atoms with Crippen molar-refractivity contribution in [1.82, 2.24) is 9.88 Å². The Morgan fingerprint density at radius 1 is 0.919 bits per heavy atom. The largest absolute Gasteiger partial charge is 0.385 e. The molecular formula is C27H23Cl2N3O4S. The molecule has 1 fully saturated rings. The molecule has 1 amide bonds. The molecule has 0 unspecified atom stereocenters. The van der Waals surface area contributed by atoms with Crippen molar-refractivity contribution in [3.05, 3.63) is 100 Å². The van der Waals surface area contributed by atoms with E-state index in [2.05, 4.69) is 9.71 Å². The maximum Gasteiger partial charge on any atom is 0.279 e. The summed E-state index contributed by atoms with van der Waals surface area (Å²) >= 11 is 12.7. The number of fused-ring (bicyclic) bond motifs is 1. The van der Waals surface area contributed by atoms with Gasteiger partial charge in [0.1, 0.15) is 0 Å². The van der Waals surface area contributed by atoms with Crippen molar-refractivity contribution in [3.63, 3.8) is 0 Å². The summed E-state index contributed by atoms with van der Waals surface area (Å²) in [5.41, 5.74) is 0.559. The minimum atomic E-state index is -3.97. The molecule has 10 heteroatoms. The Balaban J connectivity index is 1.29. The predicted molar refractivity (Wildman–Crippen MR) is 144 cm³/mol. The van der Waals surface area contributed by atoms with Crippen molar-refractivity contribution in [2.75, 3.05) is 17.8 Å². The number of aromatic nitrogens is 1. The number of anilines is 1. The monoisotopic (exact) mass is 555 g/mol. The van der Waals surface area contributed by atoms with Crippen molar-refractivity contribution in [2.45, 2.75) is 23.5 Å². The van der Waals surface area contributed by atoms with Crippen LogP contribution in [0.15, 0.2) is 83.9 Å². The molecule has 37 heavy (non-hydrogen) atoms. The van der Waals surface area contributed by atoms with Crippen LogP contribution in [0.4, 0.5) is 5.69 Å². The van der Waals surface area contributed by atoms with Crippen LogP contribution in [0.1, 0.15) is 28.8 Å². The molecule has 0 bridgehead atoms. The summed E-state index contributed by atoms with van der Waals surface area (Å²) in [6.45, 7) is 0.637. The Morgan fingerprint density at radius 2 is 1.62 bits per heavy atom. The number of sulfonamides is 1. The second-order valence-corrected chi connectivity index (χ2v) is 11.4. The van der Waals surface area contributed by atoms with Gasteiger partial charge in [-0.3, -0.25) is 9.52 Å². The zero-order valence-corrected chi connectivity index (χ0v) is 21.9. The van der Waals surface area contributed by atoms with Crippen LogP contribution in [0.25, 0.3) is 10.9 Å². The van der Waals surface area contributed by atoms with Crippen LogP contribution in [0.2, 0.25) is 10.0 Å². The van der Waals surface area contributed by atoms with Crippen LogP contribution < -0.4 is 4.72 Å². The van der Waals surface area contributed by atoms with Gasteiger partial charge in [0.25, 0.3) is 15.9 Å². The average molecular weight is 556 g/mol. The van der Waals surface area contributed by atoms with Gasteiger partial charge in [0.05, 0.1) is 27.4 Å². The van der Waals surface area contributed by atoms with Crippen molar-refractivity contribution in [1.29, 1.82) is 0 Å². The van der Waals surface area contributed by atoms with E-state index in [0.717, 1.165) is 5.39 Å². The minimum Gasteiger partial charge on any atom is -0.385 e. The molecule has 0 aliphatic carbocycles. The summed E-state index contributed by atoms with van der Waals surface area (Å²) in [7, 11) is -3.97. The summed E-state index contributed by atoms with van der Waals surface area (Å²) < 4.78 is 28.3. The van der Waals surface area contributed by atoms with Gasteiger partial charge in [-0.25, -0.2) is 4.98 Å². The van der Waals surface area contributed by atoms with E-state index in [9.17, 15) is 18.3 Å². The Hall–Kier alpha value is -3.17. The Bertz CT molecular complexity index is 1600. The summed E-state index contributed by atoms with van der Waals surface area (Å²) in [6.07, 6.45) is 0.660. The highest BCUT2D eigenvalue weighted by Crippen LogP contribution is 2.37. The number of halogens is 2. The van der Waals surface area contributed by atoms with E-state index in [1.165, 1.54) is 24.3 Å². The number of pyridine rings is 1. The highest BCUT2D eigenvalue weighted by atomic mass is 35.5. The van der Waals surface area contributed by atoms with Crippen LogP contribution in [0.3, 0.4) is 0 Å². The molecule has 2 N–H and O–H groups in total. The number of hydrogen-bond acceptors (Lipinski definition) is 5. The van der Waals surface area contributed by atoms with Crippen molar-refractivity contribution in [2.24, 2.45) is 0 Å². The standard InChI is InChI=1S/C27H23Cl2N3O4S/c28-22-7-3-2-6-21(22)27(34)13-15-32(16-14-27)26(33)20-11-10-19(17-23(20)29)31-37(35,36)25-12-9-18-5-1-4-8-24(18)30-25/h1-12,17,31,34H,13-16H2. The van der Waals surface area contributed by atoms with Crippen LogP contribution in [0, 0.1) is 0 Å². The number of rotatable bonds is 5. The third-order valence-corrected chi connectivity index (χ3v) is 8.48. The Labute approximate surface area is 224 Å². The summed E-state index contributed by atoms with van der Waals surface area (Å²) in [6, 6.07) is 21.9. The van der Waals surface area contributed by atoms with Crippen LogP contribution in [-0.4, -0.2) is 42.4 Å². The quantitative estimate of drug-likeness (QED) is 0.340. The molecule has 4 aromatic rings. The zero-order valence-electron chi connectivity index (χ0n) is 19.6. The molecular weight excluding hydrogens is 533 g/mol. The summed E-state index contributed by atoms with van der Waals surface area (Å²) in [5, 5.41) is 12.4. The average Bonchev–Trinajstić information content (AvgIpc) is 2.88. The first kappa shape index (κ1) is 25.5. The molecule has 5 rings (SSSR count). The lowest BCUT2D eigenvalue weighted by Crippen LogP contribution is -2.45. The number of hydrogen-bond donors (Lipinski definition) is 2. The first-order valence-electron chi connectivity index (χ1n) is 11.6. The SMILES string of the molecule is O=C(c1ccc(NS(=O)(=O)c2ccc3ccccc3n2)cc1Cl)N1CCC(O)(c2ccccc2Cl)CC1. The van der Waals surface area contributed by atoms with Gasteiger partial charge in [0, 0.05) is 29.1 Å². The lowest BCUT2D eigenvalue weighted by atomic mass is 9.84. The zero-order chi connectivity index (χ0) is 26.2. The van der Waals surface area contributed by atoms with Gasteiger partial charge in [0.2, 0.25) is 0 Å². The van der Waals surface area contributed by atoms with Gasteiger partial charge >= 0.3 is 0 Å². The van der Waals surface area contributed by atoms with Gasteiger partial charge in [-0.05, 0) is 55.3 Å². The van der Waals surface area contributed by atoms with E-state index in [1.807, 2.05) is 18.2 Å². The Morgan fingerprint density at radius 3 is 2.35 bits per heavy atom. The number of carbonyl (C=O) groups is 1. The van der Waals surface area contributed by atoms with Gasteiger partial charge in [-0.15, -0.1) is 0 Å². The molecule has 1 aliphatic rings. The second kappa shape index (κ2) is 9.95. The van der Waals surface area contributed by atoms with E-state index < -0.39 is 15.6 Å². The Kier molecular flexibility index (Phi) is 6.85. The van der Waals surface area contributed by atoms with Crippen LogP contribution in [0.5, 0.6) is 0 Å². The lowest BCUT2D eigenvalue weighted by molar-refractivity contribution is -0.0210. The molecule has 0 atom stereocenters. The highest BCUT2D eigenvalue weighted by molar-refractivity contribution is 7.92. The summed E-state index contributed by atoms with van der Waals surface area (Å²) in [4.78, 5) is 19.0. The number of amides is 1. The maximum absolute atomic E-state index is 13.2. The molecule has 1 aliphatic heterocycles. The van der Waals surface area contributed by atoms with Crippen LogP contribution >= 0.6 is 23.2 Å². The lowest BCUT2D eigenvalue weighted by Gasteiger charge is -2.39. The molecule has 0 radical (unpaired) electrons. The first-order valence-corrected chi connectivity index (χ1v) is 13.9. The first-order chi connectivity index (χ1) is 17.7. The van der Waals surface area contributed by atoms with E-state index >= 15 is 0 Å². The van der Waals surface area contributed by atoms with Crippen LogP contribution in [-0.2, 0) is 15.6 Å². The van der Waals surface area contributed by atoms with E-state index in [1.54, 1.807) is 41.3 Å². The number of nitrogens with zero attached hydrogens (tertiary/aromatic N) is 2. The van der Waals surface area contributed by atoms with Gasteiger partial charge in [-0.1, -0.05) is 59.6 Å². The molecule has 0 saturated carbocycles. The number of carbonyl (C=O) groups excluding carboxylic acids is 1. The van der Waals surface area contributed by atoms with Gasteiger partial charge in [0.15, 0.2) is 5.03 Å². The fourth-order valence-corrected chi connectivity index (χ4v) is 6.10. The maximum atomic E-state index is 13.2. The number of likely N-dealkylation sites (tertiary alicyclic amines) is 1. The molecule has 3 aromatic carbocycles. The molecule has 0 spiro atoms. The van der Waals surface area contributed by atoms with Crippen molar-refractivity contribution in [3.8, 4) is 0 Å². The fourth-order valence-electron chi connectivity index (χ4n) is 4.51. The molecule has 2 heterocycles. The molecule has 190 valence electrons. The van der Waals surface area contributed by atoms with E-state index in [-0.39, 0.29) is 27.2 Å². The summed E-state index contributed by atoms with van der Waals surface area (Å²) in [5.74, 6) is -0.295. The molecule has 1 saturated heterocycles.